The molecule has 1 unspecified atom stereocenters. The van der Waals surface area contributed by atoms with E-state index in [1.54, 1.807) is 0 Å². The van der Waals surface area contributed by atoms with Crippen molar-refractivity contribution in [3.05, 3.63) is 0 Å². The Hall–Kier alpha value is -0.330. The minimum Gasteiger partial charge on any atom is -0.383 e. The largest absolute Gasteiger partial charge is 0.411 e. The molecule has 0 aromatic rings. The van der Waals surface area contributed by atoms with Gasteiger partial charge in [-0.3, -0.25) is 0 Å². The smallest absolute Gasteiger partial charge is 0.383 e. The highest BCUT2D eigenvalue weighted by Crippen LogP contribution is 2.14. The zero-order valence-corrected chi connectivity index (χ0v) is 6.73. The Bertz CT molecular complexity index is 118. The van der Waals surface area contributed by atoms with E-state index >= 15 is 0 Å². The van der Waals surface area contributed by atoms with E-state index in [1.165, 1.54) is 7.11 Å². The fourth-order valence-electron chi connectivity index (χ4n) is 0.588. The predicted octanol–water partition coefficient (Wildman–Crippen LogP) is 0.539. The van der Waals surface area contributed by atoms with Crippen molar-refractivity contribution in [2.75, 3.05) is 26.9 Å². The van der Waals surface area contributed by atoms with Crippen molar-refractivity contribution in [1.29, 1.82) is 0 Å². The number of nitrogens with two attached hydrogens (primary N) is 1. The molecule has 74 valence electrons. The van der Waals surface area contributed by atoms with Gasteiger partial charge in [0.2, 0.25) is 0 Å². The molecule has 0 heterocycles. The summed E-state index contributed by atoms with van der Waals surface area (Å²) in [6, 6.07) is -0.502. The van der Waals surface area contributed by atoms with Gasteiger partial charge >= 0.3 is 6.18 Å². The zero-order chi connectivity index (χ0) is 9.61. The minimum absolute atomic E-state index is 0.145. The molecule has 0 spiro atoms. The molecule has 0 aliphatic heterocycles. The molecule has 12 heavy (non-hydrogen) atoms. The van der Waals surface area contributed by atoms with E-state index in [0.717, 1.165) is 0 Å². The summed E-state index contributed by atoms with van der Waals surface area (Å²) in [4.78, 5) is 0. The zero-order valence-electron chi connectivity index (χ0n) is 6.73. The van der Waals surface area contributed by atoms with Gasteiger partial charge < -0.3 is 15.2 Å². The van der Waals surface area contributed by atoms with Crippen LogP contribution in [0.5, 0.6) is 0 Å². The first-order valence-corrected chi connectivity index (χ1v) is 3.34. The van der Waals surface area contributed by atoms with E-state index < -0.39 is 18.8 Å². The van der Waals surface area contributed by atoms with Crippen LogP contribution in [0, 0.1) is 0 Å². The molecule has 0 aliphatic carbocycles. The van der Waals surface area contributed by atoms with Gasteiger partial charge in [-0.1, -0.05) is 0 Å². The molecular weight excluding hydrogens is 175 g/mol. The van der Waals surface area contributed by atoms with Crippen LogP contribution in [0.4, 0.5) is 13.2 Å². The number of ether oxygens (including phenoxy) is 2. The van der Waals surface area contributed by atoms with Crippen LogP contribution < -0.4 is 5.73 Å². The molecule has 0 radical (unpaired) electrons. The van der Waals surface area contributed by atoms with Crippen LogP contribution in [0.2, 0.25) is 0 Å². The summed E-state index contributed by atoms with van der Waals surface area (Å²) in [6.45, 7) is -1.21. The van der Waals surface area contributed by atoms with Gasteiger partial charge in [0.1, 0.15) is 6.61 Å². The van der Waals surface area contributed by atoms with E-state index in [1.807, 2.05) is 0 Å². The van der Waals surface area contributed by atoms with Gasteiger partial charge in [-0.25, -0.2) is 0 Å². The highest BCUT2D eigenvalue weighted by Gasteiger charge is 2.27. The van der Waals surface area contributed by atoms with Gasteiger partial charge in [0, 0.05) is 7.11 Å². The Labute approximate surface area is 68.6 Å². The van der Waals surface area contributed by atoms with Crippen molar-refractivity contribution in [1.82, 2.24) is 0 Å². The van der Waals surface area contributed by atoms with Gasteiger partial charge in [0.05, 0.1) is 19.3 Å². The van der Waals surface area contributed by atoms with Crippen LogP contribution >= 0.6 is 0 Å². The lowest BCUT2D eigenvalue weighted by molar-refractivity contribution is -0.175. The monoisotopic (exact) mass is 187 g/mol. The lowest BCUT2D eigenvalue weighted by Gasteiger charge is -2.12. The van der Waals surface area contributed by atoms with Gasteiger partial charge in [-0.2, -0.15) is 13.2 Å². The minimum atomic E-state index is -4.28. The first-order chi connectivity index (χ1) is 5.45. The fourth-order valence-corrected chi connectivity index (χ4v) is 0.588. The van der Waals surface area contributed by atoms with E-state index in [2.05, 4.69) is 9.47 Å². The Morgan fingerprint density at radius 1 is 1.33 bits per heavy atom. The number of rotatable bonds is 5. The molecule has 6 heteroatoms. The number of hydrogen-bond donors (Lipinski definition) is 1. The summed E-state index contributed by atoms with van der Waals surface area (Å²) < 4.78 is 43.4. The Balaban J connectivity index is 3.31. The van der Waals surface area contributed by atoms with Gasteiger partial charge in [0.25, 0.3) is 0 Å². The highest BCUT2D eigenvalue weighted by atomic mass is 19.4. The standard InChI is InChI=1S/C6H12F3NO2/c1-11-2-5(10)3-12-4-6(7,8)9/h5H,2-4,10H2,1H3. The van der Waals surface area contributed by atoms with Crippen LogP contribution in [0.25, 0.3) is 0 Å². The molecule has 0 fully saturated rings. The van der Waals surface area contributed by atoms with E-state index in [0.29, 0.717) is 0 Å². The third kappa shape index (κ3) is 7.77. The van der Waals surface area contributed by atoms with Crippen molar-refractivity contribution in [2.45, 2.75) is 12.2 Å². The van der Waals surface area contributed by atoms with Gasteiger partial charge in [-0.05, 0) is 0 Å². The first kappa shape index (κ1) is 11.7. The summed E-state index contributed by atoms with van der Waals surface area (Å²) in [5.74, 6) is 0. The molecule has 3 nitrogen and oxygen atoms in total. The van der Waals surface area contributed by atoms with Crippen LogP contribution in [0.15, 0.2) is 0 Å². The second-order valence-corrected chi connectivity index (χ2v) is 2.35. The van der Waals surface area contributed by atoms with Crippen molar-refractivity contribution in [3.63, 3.8) is 0 Å². The molecule has 2 N–H and O–H groups in total. The summed E-state index contributed by atoms with van der Waals surface area (Å²) >= 11 is 0. The molecule has 0 saturated carbocycles. The van der Waals surface area contributed by atoms with Crippen LogP contribution in [0.3, 0.4) is 0 Å². The molecule has 0 aliphatic rings. The molecule has 0 aromatic heterocycles. The van der Waals surface area contributed by atoms with E-state index in [-0.39, 0.29) is 13.2 Å². The van der Waals surface area contributed by atoms with Crippen molar-refractivity contribution < 1.29 is 22.6 Å². The molecule has 0 amide bonds. The van der Waals surface area contributed by atoms with E-state index in [9.17, 15) is 13.2 Å². The number of methoxy groups -OCH3 is 1. The second kappa shape index (κ2) is 5.34. The average Bonchev–Trinajstić information content (AvgIpc) is 1.84. The topological polar surface area (TPSA) is 44.5 Å². The van der Waals surface area contributed by atoms with Gasteiger partial charge in [0.15, 0.2) is 0 Å². The quantitative estimate of drug-likeness (QED) is 0.683. The highest BCUT2D eigenvalue weighted by molar-refractivity contribution is 4.58. The Kier molecular flexibility index (Phi) is 5.19. The second-order valence-electron chi connectivity index (χ2n) is 2.35. The third-order valence-corrected chi connectivity index (χ3v) is 0.978. The Morgan fingerprint density at radius 2 is 1.92 bits per heavy atom. The van der Waals surface area contributed by atoms with Crippen LogP contribution in [0.1, 0.15) is 0 Å². The summed E-state index contributed by atoms with van der Waals surface area (Å²) in [6.07, 6.45) is -4.28. The first-order valence-electron chi connectivity index (χ1n) is 3.34. The van der Waals surface area contributed by atoms with Gasteiger partial charge in [-0.15, -0.1) is 0 Å². The molecule has 1 atom stereocenters. The fraction of sp³-hybridized carbons (Fsp3) is 1.00. The van der Waals surface area contributed by atoms with Crippen LogP contribution in [-0.4, -0.2) is 39.1 Å². The Morgan fingerprint density at radius 3 is 2.33 bits per heavy atom. The predicted molar refractivity (Wildman–Crippen MR) is 36.7 cm³/mol. The van der Waals surface area contributed by atoms with Crippen LogP contribution in [-0.2, 0) is 9.47 Å². The number of alkyl halides is 3. The van der Waals surface area contributed by atoms with Crippen molar-refractivity contribution >= 4 is 0 Å². The number of halogens is 3. The number of hydrogen-bond acceptors (Lipinski definition) is 3. The average molecular weight is 187 g/mol. The molecule has 0 aromatic carbocycles. The normalized spacial score (nSPS) is 14.8. The van der Waals surface area contributed by atoms with E-state index in [4.69, 9.17) is 5.73 Å². The van der Waals surface area contributed by atoms with Crippen molar-refractivity contribution in [2.24, 2.45) is 5.73 Å². The maximum Gasteiger partial charge on any atom is 0.411 e. The molecular formula is C6H12F3NO2. The van der Waals surface area contributed by atoms with Crippen molar-refractivity contribution in [3.8, 4) is 0 Å². The lowest BCUT2D eigenvalue weighted by Crippen LogP contribution is -2.32. The molecule has 0 rings (SSSR count). The summed E-state index contributed by atoms with van der Waals surface area (Å²) in [5, 5.41) is 0. The summed E-state index contributed by atoms with van der Waals surface area (Å²) in [7, 11) is 1.42. The maximum absolute atomic E-state index is 11.5. The SMILES string of the molecule is COCC(N)COCC(F)(F)F. The summed E-state index contributed by atoms with van der Waals surface area (Å²) in [5.41, 5.74) is 5.30. The molecule has 0 saturated heterocycles. The maximum atomic E-state index is 11.5. The third-order valence-electron chi connectivity index (χ3n) is 0.978. The molecule has 0 bridgehead atoms. The lowest BCUT2D eigenvalue weighted by atomic mass is 10.4.